The summed E-state index contributed by atoms with van der Waals surface area (Å²) in [5.41, 5.74) is 3.61. The second-order valence-electron chi connectivity index (χ2n) is 7.55. The highest BCUT2D eigenvalue weighted by molar-refractivity contribution is 5.99. The smallest absolute Gasteiger partial charge is 0.287 e. The number of fused-ring (bicyclic) bond motifs is 1. The second kappa shape index (κ2) is 7.73. The molecule has 1 aliphatic heterocycles. The Hall–Kier alpha value is -2.70. The van der Waals surface area contributed by atoms with Crippen LogP contribution in [0.5, 0.6) is 0 Å². The molecule has 6 nitrogen and oxygen atoms in total. The largest absolute Gasteiger partial charge is 0.451 e. The molecular formula is C22H25N3O3. The van der Waals surface area contributed by atoms with Crippen molar-refractivity contribution in [3.05, 3.63) is 65.2 Å². The van der Waals surface area contributed by atoms with E-state index in [-0.39, 0.29) is 11.9 Å². The standard InChI is InChI=1S/C22H25N3O3/c1-14-6-7-17-15(2)21(28-20(17)11-14)22(27)24-18-8-10-25(13-19(18)26)12-16-5-3-4-9-23-16/h3-7,9,11,18-19,26H,8,10,12-13H2,1-2H3,(H,24,27)/t18-,19-/m1/s1. The Bertz CT molecular complexity index is 983. The van der Waals surface area contributed by atoms with Crippen LogP contribution in [0.1, 0.15) is 33.8 Å². The highest BCUT2D eigenvalue weighted by atomic mass is 16.3. The van der Waals surface area contributed by atoms with Gasteiger partial charge in [-0.2, -0.15) is 0 Å². The molecule has 146 valence electrons. The van der Waals surface area contributed by atoms with Crippen LogP contribution in [0.15, 0.2) is 47.0 Å². The van der Waals surface area contributed by atoms with Crippen molar-refractivity contribution in [3.8, 4) is 0 Å². The average Bonchev–Trinajstić information content (AvgIpc) is 3.00. The van der Waals surface area contributed by atoms with Gasteiger partial charge in [0.25, 0.3) is 5.91 Å². The zero-order valence-electron chi connectivity index (χ0n) is 16.2. The predicted octanol–water partition coefficient (Wildman–Crippen LogP) is 2.81. The number of pyridine rings is 1. The molecule has 1 aromatic carbocycles. The van der Waals surface area contributed by atoms with Crippen molar-refractivity contribution in [3.63, 3.8) is 0 Å². The Balaban J connectivity index is 1.41. The lowest BCUT2D eigenvalue weighted by Gasteiger charge is -2.35. The molecule has 1 saturated heterocycles. The number of rotatable bonds is 4. The molecule has 3 heterocycles. The number of nitrogens with one attached hydrogen (secondary N) is 1. The summed E-state index contributed by atoms with van der Waals surface area (Å²) >= 11 is 0. The fraction of sp³-hybridized carbons (Fsp3) is 0.364. The lowest BCUT2D eigenvalue weighted by atomic mass is 10.0. The molecule has 0 spiro atoms. The maximum atomic E-state index is 12.8. The van der Waals surface area contributed by atoms with Gasteiger partial charge >= 0.3 is 0 Å². The van der Waals surface area contributed by atoms with E-state index < -0.39 is 6.10 Å². The summed E-state index contributed by atoms with van der Waals surface area (Å²) in [6, 6.07) is 11.5. The van der Waals surface area contributed by atoms with Gasteiger partial charge in [0.2, 0.25) is 0 Å². The number of aromatic nitrogens is 1. The van der Waals surface area contributed by atoms with E-state index in [9.17, 15) is 9.90 Å². The molecule has 1 fully saturated rings. The Morgan fingerprint density at radius 3 is 2.93 bits per heavy atom. The molecule has 4 rings (SSSR count). The van der Waals surface area contributed by atoms with Crippen LogP contribution in [0.2, 0.25) is 0 Å². The molecule has 2 atom stereocenters. The minimum atomic E-state index is -0.631. The third-order valence-electron chi connectivity index (χ3n) is 5.39. The van der Waals surface area contributed by atoms with Crippen LogP contribution in [0.3, 0.4) is 0 Å². The van der Waals surface area contributed by atoms with E-state index in [0.29, 0.717) is 30.9 Å². The molecular weight excluding hydrogens is 354 g/mol. The fourth-order valence-electron chi connectivity index (χ4n) is 3.81. The Morgan fingerprint density at radius 2 is 2.18 bits per heavy atom. The van der Waals surface area contributed by atoms with E-state index in [0.717, 1.165) is 28.8 Å². The highest BCUT2D eigenvalue weighted by Crippen LogP contribution is 2.26. The van der Waals surface area contributed by atoms with Gasteiger partial charge in [0, 0.05) is 36.8 Å². The zero-order chi connectivity index (χ0) is 19.7. The summed E-state index contributed by atoms with van der Waals surface area (Å²) in [7, 11) is 0. The minimum absolute atomic E-state index is 0.270. The van der Waals surface area contributed by atoms with Gasteiger partial charge in [0.05, 0.1) is 17.8 Å². The van der Waals surface area contributed by atoms with E-state index in [2.05, 4.69) is 15.2 Å². The number of nitrogens with zero attached hydrogens (tertiary/aromatic N) is 2. The van der Waals surface area contributed by atoms with Crippen molar-refractivity contribution in [2.75, 3.05) is 13.1 Å². The molecule has 0 saturated carbocycles. The first kappa shape index (κ1) is 18.7. The molecule has 0 radical (unpaired) electrons. The van der Waals surface area contributed by atoms with E-state index in [1.54, 1.807) is 6.20 Å². The van der Waals surface area contributed by atoms with Gasteiger partial charge in [0.15, 0.2) is 5.76 Å². The molecule has 2 N–H and O–H groups in total. The van der Waals surface area contributed by atoms with Crippen LogP contribution in [0, 0.1) is 13.8 Å². The number of furan rings is 1. The second-order valence-corrected chi connectivity index (χ2v) is 7.55. The van der Waals surface area contributed by atoms with Gasteiger partial charge in [-0.25, -0.2) is 0 Å². The van der Waals surface area contributed by atoms with Crippen molar-refractivity contribution in [1.82, 2.24) is 15.2 Å². The van der Waals surface area contributed by atoms with Crippen LogP contribution in [0.4, 0.5) is 0 Å². The maximum Gasteiger partial charge on any atom is 0.287 e. The van der Waals surface area contributed by atoms with Crippen LogP contribution in [-0.4, -0.2) is 46.1 Å². The van der Waals surface area contributed by atoms with Gasteiger partial charge in [-0.05, 0) is 44.0 Å². The number of hydrogen-bond donors (Lipinski definition) is 2. The zero-order valence-corrected chi connectivity index (χ0v) is 16.2. The van der Waals surface area contributed by atoms with E-state index in [4.69, 9.17) is 4.42 Å². The quantitative estimate of drug-likeness (QED) is 0.729. The predicted molar refractivity (Wildman–Crippen MR) is 107 cm³/mol. The Kier molecular flexibility index (Phi) is 5.15. The molecule has 6 heteroatoms. The average molecular weight is 379 g/mol. The summed E-state index contributed by atoms with van der Waals surface area (Å²) in [4.78, 5) is 19.3. The molecule has 3 aromatic rings. The third kappa shape index (κ3) is 3.79. The molecule has 1 aliphatic rings. The first-order chi connectivity index (χ1) is 13.5. The molecule has 0 aliphatic carbocycles. The van der Waals surface area contributed by atoms with Crippen LogP contribution < -0.4 is 5.32 Å². The lowest BCUT2D eigenvalue weighted by molar-refractivity contribution is 0.0339. The Morgan fingerprint density at radius 1 is 1.32 bits per heavy atom. The summed E-state index contributed by atoms with van der Waals surface area (Å²) < 4.78 is 5.81. The molecule has 0 unspecified atom stereocenters. The fourth-order valence-corrected chi connectivity index (χ4v) is 3.81. The number of aliphatic hydroxyl groups excluding tert-OH is 1. The first-order valence-corrected chi connectivity index (χ1v) is 9.62. The molecule has 0 bridgehead atoms. The maximum absolute atomic E-state index is 12.8. The van der Waals surface area contributed by atoms with Crippen molar-refractivity contribution < 1.29 is 14.3 Å². The normalized spacial score (nSPS) is 20.4. The van der Waals surface area contributed by atoms with Gasteiger partial charge < -0.3 is 14.8 Å². The topological polar surface area (TPSA) is 78.6 Å². The van der Waals surface area contributed by atoms with Gasteiger partial charge in [0.1, 0.15) is 5.58 Å². The molecule has 1 amide bonds. The van der Waals surface area contributed by atoms with Crippen molar-refractivity contribution >= 4 is 16.9 Å². The number of carbonyl (C=O) groups is 1. The van der Waals surface area contributed by atoms with E-state index >= 15 is 0 Å². The van der Waals surface area contributed by atoms with E-state index in [1.807, 2.05) is 50.2 Å². The highest BCUT2D eigenvalue weighted by Gasteiger charge is 2.30. The number of benzene rings is 1. The number of aryl methyl sites for hydroxylation is 2. The van der Waals surface area contributed by atoms with Crippen LogP contribution in [-0.2, 0) is 6.54 Å². The summed E-state index contributed by atoms with van der Waals surface area (Å²) in [5, 5.41) is 14.5. The Labute approximate surface area is 164 Å². The van der Waals surface area contributed by atoms with Gasteiger partial charge in [-0.1, -0.05) is 18.2 Å². The van der Waals surface area contributed by atoms with Crippen molar-refractivity contribution in [2.24, 2.45) is 0 Å². The molecule has 2 aromatic heterocycles. The van der Waals surface area contributed by atoms with Gasteiger partial charge in [-0.3, -0.25) is 14.7 Å². The first-order valence-electron chi connectivity index (χ1n) is 9.62. The van der Waals surface area contributed by atoms with Crippen molar-refractivity contribution in [2.45, 2.75) is 39.0 Å². The number of piperidine rings is 1. The van der Waals surface area contributed by atoms with E-state index in [1.165, 1.54) is 0 Å². The van der Waals surface area contributed by atoms with Gasteiger partial charge in [-0.15, -0.1) is 0 Å². The minimum Gasteiger partial charge on any atom is -0.451 e. The summed E-state index contributed by atoms with van der Waals surface area (Å²) in [6.07, 6.45) is 1.82. The number of amides is 1. The number of hydrogen-bond acceptors (Lipinski definition) is 5. The van der Waals surface area contributed by atoms with Crippen molar-refractivity contribution in [1.29, 1.82) is 0 Å². The third-order valence-corrected chi connectivity index (χ3v) is 5.39. The lowest BCUT2D eigenvalue weighted by Crippen LogP contribution is -2.53. The number of carbonyl (C=O) groups excluding carboxylic acids is 1. The summed E-state index contributed by atoms with van der Waals surface area (Å²) in [6.45, 7) is 5.87. The number of aliphatic hydroxyl groups is 1. The summed E-state index contributed by atoms with van der Waals surface area (Å²) in [5.74, 6) is 0.0531. The SMILES string of the molecule is Cc1ccc2c(C)c(C(=O)N[C@@H]3CCN(Cc4ccccn4)C[C@H]3O)oc2c1. The number of β-amino-alcohol motifs (C(OH)–C–C–N with tert-alkyl or cyclic N) is 1. The van der Waals surface area contributed by atoms with Crippen LogP contribution in [0.25, 0.3) is 11.0 Å². The van der Waals surface area contributed by atoms with Crippen LogP contribution >= 0.6 is 0 Å². The molecule has 28 heavy (non-hydrogen) atoms. The number of likely N-dealkylation sites (tertiary alicyclic amines) is 1. The monoisotopic (exact) mass is 379 g/mol.